The van der Waals surface area contributed by atoms with Crippen LogP contribution in [-0.4, -0.2) is 22.9 Å². The normalized spacial score (nSPS) is 10.7. The van der Waals surface area contributed by atoms with Gasteiger partial charge in [-0.25, -0.2) is 4.79 Å². The number of benzene rings is 1. The van der Waals surface area contributed by atoms with Gasteiger partial charge >= 0.3 is 6.03 Å². The van der Waals surface area contributed by atoms with Gasteiger partial charge in [-0.3, -0.25) is 4.79 Å². The van der Waals surface area contributed by atoms with Gasteiger partial charge in [0.25, 0.3) is 5.76 Å². The summed E-state index contributed by atoms with van der Waals surface area (Å²) in [5.41, 5.74) is 0.294. The molecule has 1 aromatic carbocycles. The first-order chi connectivity index (χ1) is 12.1. The van der Waals surface area contributed by atoms with Gasteiger partial charge in [0.1, 0.15) is 0 Å². The van der Waals surface area contributed by atoms with Crippen molar-refractivity contribution in [1.82, 2.24) is 9.88 Å². The van der Waals surface area contributed by atoms with Crippen LogP contribution in [0.2, 0.25) is 0 Å². The molecule has 0 saturated carbocycles. The third-order valence-electron chi connectivity index (χ3n) is 3.36. The first kappa shape index (κ1) is 19.0. The largest absolute Gasteiger partial charge is 0.338 e. The molecule has 0 unspecified atom stereocenters. The second-order valence-corrected chi connectivity index (χ2v) is 6.23. The molecule has 0 bridgehead atoms. The van der Waals surface area contributed by atoms with E-state index >= 15 is 0 Å². The number of alkyl halides is 2. The molecule has 0 aliphatic heterocycles. The number of aromatic nitrogens is 1. The third kappa shape index (κ3) is 6.58. The predicted molar refractivity (Wildman–Crippen MR) is 95.3 cm³/mol. The minimum absolute atomic E-state index is 0.0543. The number of unbranched alkanes of at least 4 members (excludes halogenated alkanes) is 1. The highest BCUT2D eigenvalue weighted by Gasteiger charge is 2.11. The van der Waals surface area contributed by atoms with Crippen molar-refractivity contribution in [2.75, 3.05) is 11.9 Å². The second-order valence-electron chi connectivity index (χ2n) is 5.19. The number of nitrogens with zero attached hydrogens (tertiary/aromatic N) is 1. The van der Waals surface area contributed by atoms with E-state index in [1.165, 1.54) is 12.1 Å². The molecule has 5 nitrogen and oxygen atoms in total. The van der Waals surface area contributed by atoms with Gasteiger partial charge in [-0.15, -0.1) is 0 Å². The average molecular weight is 367 g/mol. The number of nitrogens with one attached hydrogen (secondary N) is 2. The molecule has 134 valence electrons. The number of pyridine rings is 1. The first-order valence-electron chi connectivity index (χ1n) is 7.80. The van der Waals surface area contributed by atoms with Crippen LogP contribution in [0.3, 0.4) is 0 Å². The van der Waals surface area contributed by atoms with Crippen molar-refractivity contribution in [3.8, 4) is 0 Å². The number of urea groups is 1. The summed E-state index contributed by atoms with van der Waals surface area (Å²) in [7, 11) is 0. The zero-order chi connectivity index (χ0) is 18.1. The number of carbonyl (C=O) groups excluding carboxylic acids is 1. The summed E-state index contributed by atoms with van der Waals surface area (Å²) in [4.78, 5) is 23.7. The molecule has 0 spiro atoms. The number of hydrogen-bond acceptors (Lipinski definition) is 3. The maximum atomic E-state index is 12.5. The highest BCUT2D eigenvalue weighted by atomic mass is 32.2. The van der Waals surface area contributed by atoms with Crippen LogP contribution in [0.15, 0.2) is 58.4 Å². The molecule has 2 amide bonds. The van der Waals surface area contributed by atoms with Gasteiger partial charge < -0.3 is 15.2 Å². The highest BCUT2D eigenvalue weighted by Crippen LogP contribution is 2.31. The number of anilines is 1. The summed E-state index contributed by atoms with van der Waals surface area (Å²) in [5, 5.41) is 5.25. The molecule has 8 heteroatoms. The van der Waals surface area contributed by atoms with Crippen molar-refractivity contribution in [2.45, 2.75) is 30.0 Å². The number of hydrogen-bond donors (Lipinski definition) is 2. The van der Waals surface area contributed by atoms with Crippen molar-refractivity contribution in [2.24, 2.45) is 0 Å². The van der Waals surface area contributed by atoms with Crippen molar-refractivity contribution in [3.63, 3.8) is 0 Å². The molecule has 2 rings (SSSR count). The minimum Gasteiger partial charge on any atom is -0.338 e. The molecule has 25 heavy (non-hydrogen) atoms. The Morgan fingerprint density at radius 2 is 1.88 bits per heavy atom. The number of halogens is 2. The summed E-state index contributed by atoms with van der Waals surface area (Å²) in [6.07, 6.45) is 3.16. The molecule has 0 aliphatic carbocycles. The smallest absolute Gasteiger partial charge is 0.319 e. The fourth-order valence-corrected chi connectivity index (χ4v) is 2.78. The number of aryl methyl sites for hydroxylation is 1. The van der Waals surface area contributed by atoms with Crippen LogP contribution in [0.5, 0.6) is 0 Å². The van der Waals surface area contributed by atoms with Gasteiger partial charge in [0, 0.05) is 30.2 Å². The van der Waals surface area contributed by atoms with Crippen LogP contribution >= 0.6 is 11.8 Å². The number of rotatable bonds is 8. The van der Waals surface area contributed by atoms with Crippen molar-refractivity contribution < 1.29 is 13.6 Å². The number of carbonyl (C=O) groups is 1. The molecule has 1 heterocycles. The zero-order valence-electron chi connectivity index (χ0n) is 13.5. The van der Waals surface area contributed by atoms with Gasteiger partial charge in [0.15, 0.2) is 0 Å². The topological polar surface area (TPSA) is 63.1 Å². The molecule has 0 fully saturated rings. The summed E-state index contributed by atoms with van der Waals surface area (Å²) >= 11 is 0.390. The lowest BCUT2D eigenvalue weighted by Gasteiger charge is -2.11. The van der Waals surface area contributed by atoms with Crippen LogP contribution in [0.1, 0.15) is 12.8 Å². The van der Waals surface area contributed by atoms with Crippen molar-refractivity contribution in [1.29, 1.82) is 0 Å². The molecular formula is C17H19F2N3O2S. The number of amides is 2. The van der Waals surface area contributed by atoms with E-state index in [0.29, 0.717) is 41.9 Å². The van der Waals surface area contributed by atoms with Crippen LogP contribution in [-0.2, 0) is 6.54 Å². The van der Waals surface area contributed by atoms with E-state index in [0.717, 1.165) is 6.42 Å². The predicted octanol–water partition coefficient (Wildman–Crippen LogP) is 3.76. The number of thioether (sulfide) groups is 1. The number of para-hydroxylation sites is 1. The molecule has 0 aliphatic rings. The molecule has 0 radical (unpaired) electrons. The Kier molecular flexibility index (Phi) is 7.46. The Labute approximate surface area is 148 Å². The van der Waals surface area contributed by atoms with Crippen LogP contribution in [0.25, 0.3) is 0 Å². The molecule has 2 N–H and O–H groups in total. The van der Waals surface area contributed by atoms with Gasteiger partial charge in [0.05, 0.1) is 5.69 Å². The lowest BCUT2D eigenvalue weighted by atomic mass is 10.3. The summed E-state index contributed by atoms with van der Waals surface area (Å²) in [6.45, 7) is 1.01. The van der Waals surface area contributed by atoms with E-state index in [4.69, 9.17) is 0 Å². The zero-order valence-corrected chi connectivity index (χ0v) is 14.3. The standard InChI is InChI=1S/C17H19F2N3O2S/c18-16(19)25-14-8-2-1-7-13(14)21-17(24)20-10-4-6-12-22-11-5-3-9-15(22)23/h1-3,5,7-9,11,16H,4,6,10,12H2,(H2,20,21,24). The van der Waals surface area contributed by atoms with Crippen LogP contribution < -0.4 is 16.2 Å². The van der Waals surface area contributed by atoms with E-state index in [-0.39, 0.29) is 5.56 Å². The molecule has 0 atom stereocenters. The maximum absolute atomic E-state index is 12.5. The molecule has 2 aromatic rings. The quantitative estimate of drug-likeness (QED) is 0.552. The van der Waals surface area contributed by atoms with E-state index in [1.54, 1.807) is 41.1 Å². The van der Waals surface area contributed by atoms with E-state index < -0.39 is 11.8 Å². The summed E-state index contributed by atoms with van der Waals surface area (Å²) in [6, 6.07) is 11.0. The second kappa shape index (κ2) is 9.83. The van der Waals surface area contributed by atoms with Crippen molar-refractivity contribution in [3.05, 3.63) is 59.0 Å². The lowest BCUT2D eigenvalue weighted by Crippen LogP contribution is -2.30. The summed E-state index contributed by atoms with van der Waals surface area (Å²) < 4.78 is 26.6. The van der Waals surface area contributed by atoms with Gasteiger partial charge in [-0.2, -0.15) is 8.78 Å². The van der Waals surface area contributed by atoms with Crippen LogP contribution in [0, 0.1) is 0 Å². The molecular weight excluding hydrogens is 348 g/mol. The fraction of sp³-hybridized carbons (Fsp3) is 0.294. The van der Waals surface area contributed by atoms with Gasteiger partial charge in [0.2, 0.25) is 5.56 Å². The SMILES string of the molecule is O=C(NCCCCn1ccccc1=O)Nc1ccccc1SC(F)F. The Morgan fingerprint density at radius 3 is 2.64 bits per heavy atom. The van der Waals surface area contributed by atoms with E-state index in [9.17, 15) is 18.4 Å². The Morgan fingerprint density at radius 1 is 1.12 bits per heavy atom. The van der Waals surface area contributed by atoms with Gasteiger partial charge in [-0.1, -0.05) is 30.0 Å². The van der Waals surface area contributed by atoms with E-state index in [1.807, 2.05) is 0 Å². The minimum atomic E-state index is -2.55. The maximum Gasteiger partial charge on any atom is 0.319 e. The highest BCUT2D eigenvalue weighted by molar-refractivity contribution is 7.99. The third-order valence-corrected chi connectivity index (χ3v) is 4.15. The van der Waals surface area contributed by atoms with Crippen LogP contribution in [0.4, 0.5) is 19.3 Å². The lowest BCUT2D eigenvalue weighted by molar-refractivity contribution is 0.250. The Balaban J connectivity index is 1.73. The molecule has 0 saturated heterocycles. The monoisotopic (exact) mass is 367 g/mol. The first-order valence-corrected chi connectivity index (χ1v) is 8.68. The van der Waals surface area contributed by atoms with Crippen molar-refractivity contribution >= 4 is 23.5 Å². The van der Waals surface area contributed by atoms with Gasteiger partial charge in [-0.05, 0) is 31.0 Å². The Bertz CT molecular complexity index is 752. The molecule has 1 aromatic heterocycles. The fourth-order valence-electron chi connectivity index (χ4n) is 2.19. The Hall–Kier alpha value is -2.35. The van der Waals surface area contributed by atoms with E-state index in [2.05, 4.69) is 10.6 Å². The summed E-state index contributed by atoms with van der Waals surface area (Å²) in [5.74, 6) is -2.55. The average Bonchev–Trinajstić information content (AvgIpc) is 2.57.